The van der Waals surface area contributed by atoms with Gasteiger partial charge < -0.3 is 9.84 Å². The Morgan fingerprint density at radius 2 is 1.97 bits per heavy atom. The molecule has 0 saturated heterocycles. The smallest absolute Gasteiger partial charge is 0.305 e. The zero-order valence-corrected chi connectivity index (χ0v) is 20.7. The number of carbonyl (C=O) groups is 1. The lowest BCUT2D eigenvalue weighted by atomic mass is 9.46. The van der Waals surface area contributed by atoms with Crippen molar-refractivity contribution in [2.45, 2.75) is 110 Å². The third-order valence-electron chi connectivity index (χ3n) is 10.9. The summed E-state index contributed by atoms with van der Waals surface area (Å²) in [4.78, 5) is 11.5. The van der Waals surface area contributed by atoms with E-state index >= 15 is 0 Å². The number of esters is 1. The maximum absolute atomic E-state index is 11.5. The average Bonchev–Trinajstić information content (AvgIpc) is 3.11. The summed E-state index contributed by atoms with van der Waals surface area (Å²) in [6, 6.07) is 0. The van der Waals surface area contributed by atoms with Crippen LogP contribution in [-0.4, -0.2) is 23.8 Å². The van der Waals surface area contributed by atoms with Crippen molar-refractivity contribution in [2.24, 2.45) is 40.4 Å². The molecule has 3 heteroatoms. The van der Waals surface area contributed by atoms with Crippen molar-refractivity contribution in [1.29, 1.82) is 0 Å². The van der Waals surface area contributed by atoms with Crippen LogP contribution >= 0.6 is 0 Å². The molecule has 176 valence electrons. The van der Waals surface area contributed by atoms with E-state index in [0.29, 0.717) is 23.2 Å². The Balaban J connectivity index is 1.47. The highest BCUT2D eigenvalue weighted by molar-refractivity contribution is 5.68. The first kappa shape index (κ1) is 23.3. The van der Waals surface area contributed by atoms with Gasteiger partial charge in [-0.05, 0) is 111 Å². The SMILES string of the molecule is CC[C@]1(O)CCC2(C)C(=CC[C@@H]3[C@@H]2CC[C@]2(C)[C@@H]([C@H](C)CCCC(=O)OC)CC[C@@H]32)C1. The highest BCUT2D eigenvalue weighted by atomic mass is 16.5. The van der Waals surface area contributed by atoms with Gasteiger partial charge in [0.05, 0.1) is 12.7 Å². The van der Waals surface area contributed by atoms with E-state index in [9.17, 15) is 9.90 Å². The van der Waals surface area contributed by atoms with Gasteiger partial charge in [-0.25, -0.2) is 0 Å². The molecule has 4 aliphatic rings. The van der Waals surface area contributed by atoms with Gasteiger partial charge in [0.15, 0.2) is 0 Å². The summed E-state index contributed by atoms with van der Waals surface area (Å²) < 4.78 is 4.84. The number of carbonyl (C=O) groups excluding carboxylic acids is 1. The van der Waals surface area contributed by atoms with Crippen LogP contribution in [0.15, 0.2) is 11.6 Å². The first-order valence-electron chi connectivity index (χ1n) is 13.2. The molecule has 0 aromatic heterocycles. The Bertz CT molecular complexity index is 713. The number of hydrogen-bond acceptors (Lipinski definition) is 3. The molecular weight excluding hydrogens is 384 g/mol. The maximum Gasteiger partial charge on any atom is 0.305 e. The molecule has 3 saturated carbocycles. The summed E-state index contributed by atoms with van der Waals surface area (Å²) in [6.07, 6.45) is 15.9. The molecule has 3 fully saturated rings. The molecule has 1 N–H and O–H groups in total. The molecule has 0 aromatic carbocycles. The van der Waals surface area contributed by atoms with Crippen molar-refractivity contribution in [3.63, 3.8) is 0 Å². The zero-order chi connectivity index (χ0) is 22.4. The molecule has 4 rings (SSSR count). The van der Waals surface area contributed by atoms with E-state index in [0.717, 1.165) is 55.8 Å². The van der Waals surface area contributed by atoms with E-state index in [1.54, 1.807) is 5.57 Å². The average molecular weight is 431 g/mol. The Kier molecular flexibility index (Phi) is 6.40. The van der Waals surface area contributed by atoms with Gasteiger partial charge in [0.1, 0.15) is 0 Å². The third-order valence-corrected chi connectivity index (χ3v) is 10.9. The van der Waals surface area contributed by atoms with Crippen molar-refractivity contribution in [2.75, 3.05) is 7.11 Å². The number of aliphatic hydroxyl groups is 1. The topological polar surface area (TPSA) is 46.5 Å². The molecule has 0 aromatic rings. The summed E-state index contributed by atoms with van der Waals surface area (Å²) in [5.41, 5.74) is 1.90. The molecule has 0 spiro atoms. The number of hydrogen-bond donors (Lipinski definition) is 1. The van der Waals surface area contributed by atoms with Crippen LogP contribution < -0.4 is 0 Å². The van der Waals surface area contributed by atoms with Gasteiger partial charge >= 0.3 is 5.97 Å². The summed E-state index contributed by atoms with van der Waals surface area (Å²) in [7, 11) is 1.49. The predicted octanol–water partition coefficient (Wildman–Crippen LogP) is 6.69. The number of allylic oxidation sites excluding steroid dienone is 1. The summed E-state index contributed by atoms with van der Waals surface area (Å²) in [5, 5.41) is 11.0. The van der Waals surface area contributed by atoms with Crippen molar-refractivity contribution in [3.8, 4) is 0 Å². The predicted molar refractivity (Wildman–Crippen MR) is 125 cm³/mol. The number of rotatable bonds is 6. The molecule has 8 atom stereocenters. The fourth-order valence-corrected chi connectivity index (χ4v) is 8.86. The van der Waals surface area contributed by atoms with Crippen LogP contribution in [0.4, 0.5) is 0 Å². The van der Waals surface area contributed by atoms with Gasteiger partial charge in [-0.15, -0.1) is 0 Å². The van der Waals surface area contributed by atoms with Crippen molar-refractivity contribution >= 4 is 5.97 Å². The van der Waals surface area contributed by atoms with Gasteiger partial charge in [-0.1, -0.05) is 39.3 Å². The van der Waals surface area contributed by atoms with Crippen LogP contribution in [0.3, 0.4) is 0 Å². The Hall–Kier alpha value is -0.830. The van der Waals surface area contributed by atoms with Crippen LogP contribution in [0.2, 0.25) is 0 Å². The second-order valence-corrected chi connectivity index (χ2v) is 12.2. The van der Waals surface area contributed by atoms with Gasteiger partial charge in [-0.3, -0.25) is 4.79 Å². The zero-order valence-electron chi connectivity index (χ0n) is 20.7. The van der Waals surface area contributed by atoms with E-state index in [-0.39, 0.29) is 5.97 Å². The lowest BCUT2D eigenvalue weighted by molar-refractivity contribution is -0.140. The van der Waals surface area contributed by atoms with Crippen LogP contribution in [0.5, 0.6) is 0 Å². The van der Waals surface area contributed by atoms with Gasteiger partial charge in [0.25, 0.3) is 0 Å². The summed E-state index contributed by atoms with van der Waals surface area (Å²) >= 11 is 0. The lowest BCUT2D eigenvalue weighted by Crippen LogP contribution is -2.52. The summed E-state index contributed by atoms with van der Waals surface area (Å²) in [6.45, 7) is 9.73. The highest BCUT2D eigenvalue weighted by Crippen LogP contribution is 2.67. The standard InChI is InChI=1S/C28H46O3/c1-6-28(30)17-16-26(3)20(18-28)10-11-21-23-13-12-22(27(23,4)15-14-24(21)26)19(2)8-7-9-25(29)31-5/h10,19,21-24,30H,6-9,11-18H2,1-5H3/t19-,21+,22-,23+,24+,26?,27-,28+/m1/s1. The van der Waals surface area contributed by atoms with E-state index in [1.165, 1.54) is 45.6 Å². The minimum atomic E-state index is -0.459. The molecule has 0 aliphatic heterocycles. The molecule has 0 bridgehead atoms. The van der Waals surface area contributed by atoms with E-state index < -0.39 is 5.60 Å². The second-order valence-electron chi connectivity index (χ2n) is 12.2. The maximum atomic E-state index is 11.5. The quantitative estimate of drug-likeness (QED) is 0.377. The van der Waals surface area contributed by atoms with Gasteiger partial charge in [0, 0.05) is 6.42 Å². The van der Waals surface area contributed by atoms with E-state index in [2.05, 4.69) is 33.8 Å². The van der Waals surface area contributed by atoms with Crippen molar-refractivity contribution < 1.29 is 14.6 Å². The number of ether oxygens (including phenoxy) is 1. The normalized spacial score (nSPS) is 45.2. The fourth-order valence-electron chi connectivity index (χ4n) is 8.86. The van der Waals surface area contributed by atoms with Gasteiger partial charge in [0.2, 0.25) is 0 Å². The molecule has 0 amide bonds. The number of methoxy groups -OCH3 is 1. The van der Waals surface area contributed by atoms with Crippen LogP contribution in [0.25, 0.3) is 0 Å². The fraction of sp³-hybridized carbons (Fsp3) is 0.893. The van der Waals surface area contributed by atoms with Crippen LogP contribution in [0.1, 0.15) is 105 Å². The van der Waals surface area contributed by atoms with Crippen LogP contribution in [0, 0.1) is 40.4 Å². The minimum absolute atomic E-state index is 0.0660. The minimum Gasteiger partial charge on any atom is -0.469 e. The molecule has 4 aliphatic carbocycles. The third kappa shape index (κ3) is 3.91. The van der Waals surface area contributed by atoms with E-state index in [4.69, 9.17) is 4.74 Å². The Morgan fingerprint density at radius 3 is 2.68 bits per heavy atom. The van der Waals surface area contributed by atoms with Crippen LogP contribution in [-0.2, 0) is 9.53 Å². The van der Waals surface area contributed by atoms with Crippen molar-refractivity contribution in [3.05, 3.63) is 11.6 Å². The Morgan fingerprint density at radius 1 is 1.19 bits per heavy atom. The molecular formula is C28H46O3. The highest BCUT2D eigenvalue weighted by Gasteiger charge is 2.59. The monoisotopic (exact) mass is 430 g/mol. The molecule has 1 unspecified atom stereocenters. The summed E-state index contributed by atoms with van der Waals surface area (Å²) in [5.74, 6) is 3.90. The molecule has 3 nitrogen and oxygen atoms in total. The van der Waals surface area contributed by atoms with E-state index in [1.807, 2.05) is 0 Å². The second kappa shape index (κ2) is 8.50. The molecule has 0 heterocycles. The first-order chi connectivity index (χ1) is 14.7. The molecule has 31 heavy (non-hydrogen) atoms. The Labute approximate surface area is 190 Å². The molecule has 0 radical (unpaired) electrons. The largest absolute Gasteiger partial charge is 0.469 e. The van der Waals surface area contributed by atoms with Crippen molar-refractivity contribution in [1.82, 2.24) is 0 Å². The van der Waals surface area contributed by atoms with Gasteiger partial charge in [-0.2, -0.15) is 0 Å². The number of fused-ring (bicyclic) bond motifs is 5. The lowest BCUT2D eigenvalue weighted by Gasteiger charge is -2.59. The first-order valence-corrected chi connectivity index (χ1v) is 13.2.